The summed E-state index contributed by atoms with van der Waals surface area (Å²) in [6.07, 6.45) is 0.721. The van der Waals surface area contributed by atoms with Gasteiger partial charge in [-0.05, 0) is 35.7 Å². The van der Waals surface area contributed by atoms with Crippen molar-refractivity contribution in [1.82, 2.24) is 14.8 Å². The van der Waals surface area contributed by atoms with Crippen LogP contribution in [0.5, 0.6) is 5.75 Å². The van der Waals surface area contributed by atoms with Crippen LogP contribution < -0.4 is 10.1 Å². The average molecular weight is 411 g/mol. The van der Waals surface area contributed by atoms with Crippen molar-refractivity contribution >= 4 is 23.4 Å². The quantitative estimate of drug-likeness (QED) is 0.534. The molecule has 3 rings (SSSR count). The highest BCUT2D eigenvalue weighted by Crippen LogP contribution is 2.21. The minimum Gasteiger partial charge on any atom is -0.497 e. The van der Waals surface area contributed by atoms with E-state index in [9.17, 15) is 4.79 Å². The van der Waals surface area contributed by atoms with Crippen LogP contribution in [0.25, 0.3) is 0 Å². The second-order valence-corrected chi connectivity index (χ2v) is 8.07. The molecule has 0 aliphatic carbocycles. The van der Waals surface area contributed by atoms with Gasteiger partial charge in [-0.1, -0.05) is 55.9 Å². The van der Waals surface area contributed by atoms with E-state index in [0.29, 0.717) is 5.92 Å². The van der Waals surface area contributed by atoms with Gasteiger partial charge in [-0.2, -0.15) is 0 Å². The summed E-state index contributed by atoms with van der Waals surface area (Å²) in [4.78, 5) is 12.4. The number of hydrogen-bond acceptors (Lipinski definition) is 5. The Hall–Kier alpha value is -2.80. The van der Waals surface area contributed by atoms with Crippen molar-refractivity contribution in [2.24, 2.45) is 5.92 Å². The summed E-state index contributed by atoms with van der Waals surface area (Å²) < 4.78 is 7.26. The number of ether oxygens (including phenoxy) is 1. The molecule has 0 spiro atoms. The molecule has 0 atom stereocenters. The first-order valence-corrected chi connectivity index (χ1v) is 10.6. The molecule has 0 saturated heterocycles. The van der Waals surface area contributed by atoms with Crippen molar-refractivity contribution in [3.8, 4) is 5.75 Å². The molecule has 0 unspecified atom stereocenters. The monoisotopic (exact) mass is 410 g/mol. The number of nitrogens with one attached hydrogen (secondary N) is 1. The fourth-order valence-electron chi connectivity index (χ4n) is 2.89. The van der Waals surface area contributed by atoms with E-state index < -0.39 is 0 Å². The van der Waals surface area contributed by atoms with E-state index in [4.69, 9.17) is 4.74 Å². The molecular formula is C22H26N4O2S. The van der Waals surface area contributed by atoms with E-state index in [1.165, 1.54) is 17.3 Å². The van der Waals surface area contributed by atoms with E-state index >= 15 is 0 Å². The molecule has 1 amide bonds. The highest BCUT2D eigenvalue weighted by Gasteiger charge is 2.16. The summed E-state index contributed by atoms with van der Waals surface area (Å²) in [6.45, 7) is 5.14. The van der Waals surface area contributed by atoms with Gasteiger partial charge in [-0.15, -0.1) is 10.2 Å². The molecule has 152 valence electrons. The van der Waals surface area contributed by atoms with E-state index in [2.05, 4.69) is 46.1 Å². The standard InChI is InChI=1S/C22H26N4O2S/c1-16(2)14-26-20(13-17-7-5-4-6-8-17)24-25-22(26)29-15-21(27)23-18-9-11-19(28-3)12-10-18/h4-12,16H,13-15H2,1-3H3,(H,23,27). The predicted octanol–water partition coefficient (Wildman–Crippen LogP) is 4.26. The molecule has 0 fully saturated rings. The van der Waals surface area contributed by atoms with Gasteiger partial charge in [0, 0.05) is 18.7 Å². The van der Waals surface area contributed by atoms with Crippen LogP contribution in [0.2, 0.25) is 0 Å². The summed E-state index contributed by atoms with van der Waals surface area (Å²) >= 11 is 1.41. The summed E-state index contributed by atoms with van der Waals surface area (Å²) in [5.74, 6) is 2.32. The Labute approximate surface area is 175 Å². The van der Waals surface area contributed by atoms with Gasteiger partial charge in [-0.25, -0.2) is 0 Å². The number of carbonyl (C=O) groups is 1. The van der Waals surface area contributed by atoms with Gasteiger partial charge in [0.05, 0.1) is 12.9 Å². The van der Waals surface area contributed by atoms with E-state index in [1.54, 1.807) is 7.11 Å². The van der Waals surface area contributed by atoms with Crippen molar-refractivity contribution in [2.45, 2.75) is 32.0 Å². The topological polar surface area (TPSA) is 69.0 Å². The van der Waals surface area contributed by atoms with Gasteiger partial charge in [0.25, 0.3) is 0 Å². The molecule has 2 aromatic carbocycles. The number of thioether (sulfide) groups is 1. The SMILES string of the molecule is COc1ccc(NC(=O)CSc2nnc(Cc3ccccc3)n2CC(C)C)cc1. The average Bonchev–Trinajstić information content (AvgIpc) is 3.08. The molecule has 0 saturated carbocycles. The maximum atomic E-state index is 12.4. The zero-order chi connectivity index (χ0) is 20.6. The third kappa shape index (κ3) is 6.09. The van der Waals surface area contributed by atoms with Gasteiger partial charge in [-0.3, -0.25) is 4.79 Å². The Morgan fingerprint density at radius 3 is 2.48 bits per heavy atom. The van der Waals surface area contributed by atoms with E-state index in [0.717, 1.165) is 35.4 Å². The second kappa shape index (κ2) is 10.1. The number of anilines is 1. The fourth-order valence-corrected chi connectivity index (χ4v) is 3.65. The van der Waals surface area contributed by atoms with Crippen LogP contribution in [-0.2, 0) is 17.8 Å². The summed E-state index contributed by atoms with van der Waals surface area (Å²) in [6, 6.07) is 17.5. The molecule has 7 heteroatoms. The van der Waals surface area contributed by atoms with Gasteiger partial charge in [0.1, 0.15) is 11.6 Å². The van der Waals surface area contributed by atoms with Crippen molar-refractivity contribution in [3.63, 3.8) is 0 Å². The zero-order valence-corrected chi connectivity index (χ0v) is 17.8. The number of carbonyl (C=O) groups excluding carboxylic acids is 1. The molecule has 0 radical (unpaired) electrons. The van der Waals surface area contributed by atoms with Gasteiger partial charge in [0.2, 0.25) is 5.91 Å². The summed E-state index contributed by atoms with van der Waals surface area (Å²) in [7, 11) is 1.61. The molecule has 0 aliphatic heterocycles. The Kier molecular flexibility index (Phi) is 7.30. The number of hydrogen-bond donors (Lipinski definition) is 1. The van der Waals surface area contributed by atoms with Crippen LogP contribution in [0, 0.1) is 5.92 Å². The molecule has 1 aromatic heterocycles. The Morgan fingerprint density at radius 2 is 1.83 bits per heavy atom. The third-order valence-electron chi connectivity index (χ3n) is 4.25. The first-order chi connectivity index (χ1) is 14.0. The number of nitrogens with zero attached hydrogens (tertiary/aromatic N) is 3. The van der Waals surface area contributed by atoms with Crippen molar-refractivity contribution in [2.75, 3.05) is 18.2 Å². The molecule has 29 heavy (non-hydrogen) atoms. The predicted molar refractivity (Wildman–Crippen MR) is 116 cm³/mol. The maximum absolute atomic E-state index is 12.4. The lowest BCUT2D eigenvalue weighted by atomic mass is 10.1. The minimum absolute atomic E-state index is 0.0797. The lowest BCUT2D eigenvalue weighted by Crippen LogP contribution is -2.15. The molecule has 1 heterocycles. The van der Waals surface area contributed by atoms with Crippen molar-refractivity contribution < 1.29 is 9.53 Å². The number of benzene rings is 2. The summed E-state index contributed by atoms with van der Waals surface area (Å²) in [5, 5.41) is 12.4. The number of rotatable bonds is 9. The van der Waals surface area contributed by atoms with Gasteiger partial charge < -0.3 is 14.6 Å². The highest BCUT2D eigenvalue weighted by atomic mass is 32.2. The van der Waals surface area contributed by atoms with Crippen molar-refractivity contribution in [3.05, 3.63) is 66.0 Å². The smallest absolute Gasteiger partial charge is 0.234 e. The maximum Gasteiger partial charge on any atom is 0.234 e. The van der Waals surface area contributed by atoms with Gasteiger partial charge in [0.15, 0.2) is 5.16 Å². The molecule has 3 aromatic rings. The highest BCUT2D eigenvalue weighted by molar-refractivity contribution is 7.99. The van der Waals surface area contributed by atoms with Crippen LogP contribution in [0.3, 0.4) is 0 Å². The Balaban J connectivity index is 1.65. The molecule has 0 aliphatic rings. The van der Waals surface area contributed by atoms with Crippen LogP contribution in [0.4, 0.5) is 5.69 Å². The number of amides is 1. The molecule has 1 N–H and O–H groups in total. The molecule has 0 bridgehead atoms. The van der Waals surface area contributed by atoms with E-state index in [-0.39, 0.29) is 11.7 Å². The summed E-state index contributed by atoms with van der Waals surface area (Å²) in [5.41, 5.74) is 1.93. The van der Waals surface area contributed by atoms with Crippen LogP contribution >= 0.6 is 11.8 Å². The lowest BCUT2D eigenvalue weighted by molar-refractivity contribution is -0.113. The van der Waals surface area contributed by atoms with Crippen LogP contribution in [-0.4, -0.2) is 33.5 Å². The second-order valence-electron chi connectivity index (χ2n) is 7.13. The van der Waals surface area contributed by atoms with Crippen molar-refractivity contribution in [1.29, 1.82) is 0 Å². The third-order valence-corrected chi connectivity index (χ3v) is 5.22. The lowest BCUT2D eigenvalue weighted by Gasteiger charge is -2.12. The largest absolute Gasteiger partial charge is 0.497 e. The first kappa shape index (κ1) is 20.9. The normalized spacial score (nSPS) is 10.9. The Bertz CT molecular complexity index is 924. The fraction of sp³-hybridized carbons (Fsp3) is 0.318. The molecular weight excluding hydrogens is 384 g/mol. The zero-order valence-electron chi connectivity index (χ0n) is 17.0. The number of aromatic nitrogens is 3. The van der Waals surface area contributed by atoms with Crippen LogP contribution in [0.1, 0.15) is 25.2 Å². The van der Waals surface area contributed by atoms with Gasteiger partial charge >= 0.3 is 0 Å². The molecule has 6 nitrogen and oxygen atoms in total. The van der Waals surface area contributed by atoms with Crippen LogP contribution in [0.15, 0.2) is 59.8 Å². The Morgan fingerprint density at radius 1 is 1.10 bits per heavy atom. The number of methoxy groups -OCH3 is 1. The first-order valence-electron chi connectivity index (χ1n) is 9.58. The van der Waals surface area contributed by atoms with E-state index in [1.807, 2.05) is 42.5 Å². The minimum atomic E-state index is -0.0797.